The van der Waals surface area contributed by atoms with E-state index < -0.39 is 0 Å². The van der Waals surface area contributed by atoms with E-state index in [0.717, 1.165) is 13.1 Å². The molecular weight excluding hydrogens is 264 g/mol. The highest BCUT2D eigenvalue weighted by molar-refractivity contribution is 9.10. The summed E-state index contributed by atoms with van der Waals surface area (Å²) in [4.78, 5) is 2.48. The fourth-order valence-corrected chi connectivity index (χ4v) is 2.92. The Kier molecular flexibility index (Phi) is 3.55. The second kappa shape index (κ2) is 4.76. The number of hydrogen-bond donors (Lipinski definition) is 1. The highest BCUT2D eigenvalue weighted by Crippen LogP contribution is 2.29. The number of nitrogens with zero attached hydrogens (tertiary/aromatic N) is 1. The average Bonchev–Trinajstić information content (AvgIpc) is 2.22. The molecule has 1 saturated heterocycles. The van der Waals surface area contributed by atoms with E-state index in [-0.39, 0.29) is 0 Å². The van der Waals surface area contributed by atoms with Gasteiger partial charge in [0, 0.05) is 29.6 Å². The molecule has 2 atom stereocenters. The van der Waals surface area contributed by atoms with Gasteiger partial charge in [-0.25, -0.2) is 0 Å². The smallest absolute Gasteiger partial charge is 0.0514 e. The first-order valence-electron chi connectivity index (χ1n) is 5.84. The molecule has 2 unspecified atom stereocenters. The Morgan fingerprint density at radius 1 is 1.38 bits per heavy atom. The molecule has 1 aliphatic heterocycles. The lowest BCUT2D eigenvalue weighted by molar-refractivity contribution is 0.425. The first kappa shape index (κ1) is 11.9. The van der Waals surface area contributed by atoms with Crippen LogP contribution in [0.15, 0.2) is 22.7 Å². The van der Waals surface area contributed by atoms with E-state index in [1.165, 1.54) is 15.7 Å². The highest BCUT2D eigenvalue weighted by Gasteiger charge is 2.23. The molecule has 0 aliphatic carbocycles. The van der Waals surface area contributed by atoms with E-state index in [1.807, 2.05) is 0 Å². The largest absolute Gasteiger partial charge is 0.365 e. The second-order valence-corrected chi connectivity index (χ2v) is 5.62. The SMILES string of the molecule is Cc1ccc(N2CC(C)NCC2C)c(Br)c1. The Hall–Kier alpha value is -0.540. The molecule has 1 heterocycles. The molecule has 1 aliphatic rings. The molecule has 0 saturated carbocycles. The topological polar surface area (TPSA) is 15.3 Å². The van der Waals surface area contributed by atoms with E-state index in [2.05, 4.69) is 65.1 Å². The van der Waals surface area contributed by atoms with Gasteiger partial charge in [-0.05, 0) is 54.4 Å². The highest BCUT2D eigenvalue weighted by atomic mass is 79.9. The summed E-state index contributed by atoms with van der Waals surface area (Å²) in [6.45, 7) is 8.76. The molecule has 0 spiro atoms. The van der Waals surface area contributed by atoms with Crippen LogP contribution in [0.3, 0.4) is 0 Å². The first-order chi connectivity index (χ1) is 7.58. The van der Waals surface area contributed by atoms with Crippen molar-refractivity contribution >= 4 is 21.6 Å². The van der Waals surface area contributed by atoms with Crippen molar-refractivity contribution in [1.82, 2.24) is 5.32 Å². The Balaban J connectivity index is 2.28. The minimum Gasteiger partial charge on any atom is -0.365 e. The monoisotopic (exact) mass is 282 g/mol. The normalized spacial score (nSPS) is 25.9. The average molecular weight is 283 g/mol. The predicted molar refractivity (Wildman–Crippen MR) is 73.2 cm³/mol. The number of hydrogen-bond acceptors (Lipinski definition) is 2. The minimum atomic E-state index is 0.551. The molecule has 16 heavy (non-hydrogen) atoms. The molecule has 1 aromatic carbocycles. The van der Waals surface area contributed by atoms with Crippen molar-refractivity contribution in [3.8, 4) is 0 Å². The second-order valence-electron chi connectivity index (χ2n) is 4.77. The fourth-order valence-electron chi connectivity index (χ4n) is 2.20. The van der Waals surface area contributed by atoms with Gasteiger partial charge in [-0.2, -0.15) is 0 Å². The van der Waals surface area contributed by atoms with E-state index in [1.54, 1.807) is 0 Å². The van der Waals surface area contributed by atoms with Crippen molar-refractivity contribution in [3.63, 3.8) is 0 Å². The summed E-state index contributed by atoms with van der Waals surface area (Å²) < 4.78 is 1.20. The maximum absolute atomic E-state index is 3.67. The minimum absolute atomic E-state index is 0.551. The third-order valence-electron chi connectivity index (χ3n) is 3.18. The molecule has 1 N–H and O–H groups in total. The van der Waals surface area contributed by atoms with Gasteiger partial charge >= 0.3 is 0 Å². The molecule has 0 bridgehead atoms. The lowest BCUT2D eigenvalue weighted by Gasteiger charge is -2.39. The van der Waals surface area contributed by atoms with Gasteiger partial charge in [-0.1, -0.05) is 6.07 Å². The van der Waals surface area contributed by atoms with E-state index >= 15 is 0 Å². The summed E-state index contributed by atoms with van der Waals surface area (Å²) in [5, 5.41) is 3.51. The number of nitrogens with one attached hydrogen (secondary N) is 1. The van der Waals surface area contributed by atoms with Crippen LogP contribution in [0.5, 0.6) is 0 Å². The van der Waals surface area contributed by atoms with Crippen LogP contribution in [0.2, 0.25) is 0 Å². The van der Waals surface area contributed by atoms with Crippen LogP contribution in [0.25, 0.3) is 0 Å². The van der Waals surface area contributed by atoms with Gasteiger partial charge in [0.25, 0.3) is 0 Å². The Morgan fingerprint density at radius 3 is 2.81 bits per heavy atom. The zero-order chi connectivity index (χ0) is 11.7. The maximum atomic E-state index is 3.67. The zero-order valence-corrected chi connectivity index (χ0v) is 11.7. The van der Waals surface area contributed by atoms with Crippen LogP contribution in [0, 0.1) is 6.92 Å². The molecule has 0 amide bonds. The molecule has 0 radical (unpaired) electrons. The molecule has 1 aromatic rings. The maximum Gasteiger partial charge on any atom is 0.0514 e. The van der Waals surface area contributed by atoms with Gasteiger partial charge in [0.2, 0.25) is 0 Å². The number of benzene rings is 1. The first-order valence-corrected chi connectivity index (χ1v) is 6.63. The molecule has 0 aromatic heterocycles. The van der Waals surface area contributed by atoms with E-state index in [0.29, 0.717) is 12.1 Å². The van der Waals surface area contributed by atoms with Gasteiger partial charge in [-0.15, -0.1) is 0 Å². The number of piperazine rings is 1. The Morgan fingerprint density at radius 2 is 2.12 bits per heavy atom. The Bertz CT molecular complexity index is 378. The summed E-state index contributed by atoms with van der Waals surface area (Å²) in [7, 11) is 0. The van der Waals surface area contributed by atoms with E-state index in [4.69, 9.17) is 0 Å². The summed E-state index contributed by atoms with van der Waals surface area (Å²) in [5.41, 5.74) is 2.61. The third kappa shape index (κ3) is 2.41. The number of rotatable bonds is 1. The molecular formula is C13H19BrN2. The number of anilines is 1. The Labute approximate surface area is 106 Å². The predicted octanol–water partition coefficient (Wildman–Crippen LogP) is 2.94. The van der Waals surface area contributed by atoms with Crippen molar-refractivity contribution in [2.24, 2.45) is 0 Å². The van der Waals surface area contributed by atoms with Crippen LogP contribution < -0.4 is 10.2 Å². The molecule has 2 rings (SSSR count). The quantitative estimate of drug-likeness (QED) is 0.852. The van der Waals surface area contributed by atoms with Crippen molar-refractivity contribution in [3.05, 3.63) is 28.2 Å². The number of aryl methyl sites for hydroxylation is 1. The summed E-state index contributed by atoms with van der Waals surface area (Å²) in [6.07, 6.45) is 0. The lowest BCUT2D eigenvalue weighted by Crippen LogP contribution is -2.54. The number of halogens is 1. The van der Waals surface area contributed by atoms with Crippen LogP contribution in [0.4, 0.5) is 5.69 Å². The van der Waals surface area contributed by atoms with Crippen molar-refractivity contribution in [1.29, 1.82) is 0 Å². The van der Waals surface area contributed by atoms with Crippen molar-refractivity contribution < 1.29 is 0 Å². The zero-order valence-electron chi connectivity index (χ0n) is 10.1. The standard InChI is InChI=1S/C13H19BrN2/c1-9-4-5-13(12(14)6-9)16-8-10(2)15-7-11(16)3/h4-6,10-11,15H,7-8H2,1-3H3. The molecule has 88 valence electrons. The van der Waals surface area contributed by atoms with Gasteiger partial charge in [0.1, 0.15) is 0 Å². The van der Waals surface area contributed by atoms with Gasteiger partial charge < -0.3 is 10.2 Å². The van der Waals surface area contributed by atoms with Crippen LogP contribution in [0.1, 0.15) is 19.4 Å². The van der Waals surface area contributed by atoms with E-state index in [9.17, 15) is 0 Å². The van der Waals surface area contributed by atoms with Crippen molar-refractivity contribution in [2.45, 2.75) is 32.9 Å². The van der Waals surface area contributed by atoms with Gasteiger partial charge in [0.15, 0.2) is 0 Å². The molecule has 2 nitrogen and oxygen atoms in total. The fraction of sp³-hybridized carbons (Fsp3) is 0.538. The molecule has 3 heteroatoms. The molecule has 1 fully saturated rings. The van der Waals surface area contributed by atoms with Crippen molar-refractivity contribution in [2.75, 3.05) is 18.0 Å². The van der Waals surface area contributed by atoms with Crippen LogP contribution in [-0.4, -0.2) is 25.2 Å². The third-order valence-corrected chi connectivity index (χ3v) is 3.81. The van der Waals surface area contributed by atoms with Gasteiger partial charge in [0.05, 0.1) is 5.69 Å². The summed E-state index contributed by atoms with van der Waals surface area (Å²) in [6, 6.07) is 7.70. The van der Waals surface area contributed by atoms with Gasteiger partial charge in [-0.3, -0.25) is 0 Å². The summed E-state index contributed by atoms with van der Waals surface area (Å²) in [5.74, 6) is 0. The van der Waals surface area contributed by atoms with Crippen LogP contribution in [-0.2, 0) is 0 Å². The van der Waals surface area contributed by atoms with Crippen LogP contribution >= 0.6 is 15.9 Å². The summed E-state index contributed by atoms with van der Waals surface area (Å²) >= 11 is 3.67. The lowest BCUT2D eigenvalue weighted by atomic mass is 10.1.